The van der Waals surface area contributed by atoms with E-state index in [2.05, 4.69) is 39.1 Å². The van der Waals surface area contributed by atoms with Gasteiger partial charge in [0.05, 0.1) is 5.25 Å². The second-order valence-electron chi connectivity index (χ2n) is 5.01. The lowest BCUT2D eigenvalue weighted by Gasteiger charge is -2.08. The number of aryl methyl sites for hydroxylation is 1. The van der Waals surface area contributed by atoms with E-state index >= 15 is 0 Å². The zero-order valence-electron chi connectivity index (χ0n) is 12.3. The lowest BCUT2D eigenvalue weighted by Crippen LogP contribution is -1.89. The Morgan fingerprint density at radius 1 is 1.09 bits per heavy atom. The third-order valence-corrected chi connectivity index (χ3v) is 5.31. The van der Waals surface area contributed by atoms with Crippen molar-refractivity contribution in [2.75, 3.05) is 0 Å². The van der Waals surface area contributed by atoms with Gasteiger partial charge in [-0.3, -0.25) is 0 Å². The smallest absolute Gasteiger partial charge is 0.247 e. The summed E-state index contributed by atoms with van der Waals surface area (Å²) in [6.45, 7) is 4.11. The zero-order valence-corrected chi connectivity index (χ0v) is 14.7. The summed E-state index contributed by atoms with van der Waals surface area (Å²) in [6.07, 6.45) is 0. The van der Waals surface area contributed by atoms with Crippen molar-refractivity contribution in [3.05, 3.63) is 64.5 Å². The molecule has 0 N–H and O–H groups in total. The van der Waals surface area contributed by atoms with Gasteiger partial charge in [-0.25, -0.2) is 0 Å². The van der Waals surface area contributed by atoms with Crippen LogP contribution in [0.2, 0.25) is 0 Å². The number of hydrogen-bond acceptors (Lipinski definition) is 4. The number of aromatic nitrogens is 2. The maximum Gasteiger partial charge on any atom is 0.247 e. The molecule has 0 aliphatic rings. The maximum absolute atomic E-state index is 5.84. The lowest BCUT2D eigenvalue weighted by atomic mass is 10.1. The van der Waals surface area contributed by atoms with E-state index in [1.807, 2.05) is 49.4 Å². The third-order valence-electron chi connectivity index (χ3n) is 3.19. The van der Waals surface area contributed by atoms with Gasteiger partial charge in [0.1, 0.15) is 0 Å². The Bertz CT molecular complexity index is 788. The molecule has 0 fully saturated rings. The van der Waals surface area contributed by atoms with Gasteiger partial charge in [-0.05, 0) is 54.0 Å². The molecule has 5 heteroatoms. The zero-order chi connectivity index (χ0) is 15.5. The molecule has 2 aromatic carbocycles. The summed E-state index contributed by atoms with van der Waals surface area (Å²) in [5.74, 6) is 1.20. The highest BCUT2D eigenvalue weighted by Crippen LogP contribution is 2.38. The first-order valence-corrected chi connectivity index (χ1v) is 8.62. The van der Waals surface area contributed by atoms with E-state index in [1.165, 1.54) is 5.56 Å². The van der Waals surface area contributed by atoms with E-state index < -0.39 is 0 Å². The largest absolute Gasteiger partial charge is 0.419 e. The van der Waals surface area contributed by atoms with E-state index in [0.29, 0.717) is 11.8 Å². The fraction of sp³-hybridized carbons (Fsp3) is 0.176. The number of rotatable bonds is 4. The molecule has 3 nitrogen and oxygen atoms in total. The standard InChI is InChI=1S/C17H15BrN2OS/c1-11-6-5-7-13(10-11)17-20-19-16(21-17)12(2)22-15-9-4-3-8-14(15)18/h3-10,12H,1-2H3/t12-/m1/s1. The fourth-order valence-corrected chi connectivity index (χ4v) is 3.55. The van der Waals surface area contributed by atoms with Crippen LogP contribution in [0.3, 0.4) is 0 Å². The van der Waals surface area contributed by atoms with Crippen molar-refractivity contribution in [2.45, 2.75) is 24.0 Å². The molecular formula is C17H15BrN2OS. The van der Waals surface area contributed by atoms with Gasteiger partial charge in [0.25, 0.3) is 0 Å². The Morgan fingerprint density at radius 2 is 1.91 bits per heavy atom. The van der Waals surface area contributed by atoms with Crippen LogP contribution < -0.4 is 0 Å². The molecular weight excluding hydrogens is 360 g/mol. The van der Waals surface area contributed by atoms with Crippen LogP contribution >= 0.6 is 27.7 Å². The summed E-state index contributed by atoms with van der Waals surface area (Å²) in [4.78, 5) is 1.16. The quantitative estimate of drug-likeness (QED) is 0.552. The highest BCUT2D eigenvalue weighted by atomic mass is 79.9. The minimum atomic E-state index is 0.0877. The maximum atomic E-state index is 5.84. The number of halogens is 1. The van der Waals surface area contributed by atoms with Gasteiger partial charge >= 0.3 is 0 Å². The van der Waals surface area contributed by atoms with Crippen molar-refractivity contribution in [1.82, 2.24) is 10.2 Å². The molecule has 0 saturated carbocycles. The van der Waals surface area contributed by atoms with E-state index in [1.54, 1.807) is 11.8 Å². The summed E-state index contributed by atoms with van der Waals surface area (Å²) in [5, 5.41) is 8.45. The van der Waals surface area contributed by atoms with Crippen LogP contribution in [0, 0.1) is 6.92 Å². The van der Waals surface area contributed by atoms with Gasteiger partial charge in [0.2, 0.25) is 11.8 Å². The summed E-state index contributed by atoms with van der Waals surface area (Å²) in [5.41, 5.74) is 2.13. The van der Waals surface area contributed by atoms with Gasteiger partial charge in [-0.2, -0.15) is 0 Å². The molecule has 0 aliphatic carbocycles. The molecule has 0 radical (unpaired) electrons. The van der Waals surface area contributed by atoms with Gasteiger partial charge in [-0.15, -0.1) is 22.0 Å². The minimum absolute atomic E-state index is 0.0877. The number of thioether (sulfide) groups is 1. The number of hydrogen-bond donors (Lipinski definition) is 0. The first-order valence-electron chi connectivity index (χ1n) is 6.95. The van der Waals surface area contributed by atoms with Crippen molar-refractivity contribution in [1.29, 1.82) is 0 Å². The van der Waals surface area contributed by atoms with E-state index in [4.69, 9.17) is 4.42 Å². The van der Waals surface area contributed by atoms with E-state index in [9.17, 15) is 0 Å². The molecule has 1 heterocycles. The van der Waals surface area contributed by atoms with Gasteiger partial charge in [-0.1, -0.05) is 29.8 Å². The monoisotopic (exact) mass is 374 g/mol. The van der Waals surface area contributed by atoms with Gasteiger partial charge < -0.3 is 4.42 Å². The average Bonchev–Trinajstić information content (AvgIpc) is 2.99. The average molecular weight is 375 g/mol. The predicted octanol–water partition coefficient (Wildman–Crippen LogP) is 5.66. The van der Waals surface area contributed by atoms with Crippen LogP contribution in [0.15, 0.2) is 62.3 Å². The Kier molecular flexibility index (Phi) is 4.64. The van der Waals surface area contributed by atoms with Crippen LogP contribution in [0.1, 0.15) is 23.6 Å². The van der Waals surface area contributed by atoms with Crippen molar-refractivity contribution in [3.8, 4) is 11.5 Å². The normalized spacial score (nSPS) is 12.3. The van der Waals surface area contributed by atoms with Crippen molar-refractivity contribution in [2.24, 2.45) is 0 Å². The number of benzene rings is 2. The van der Waals surface area contributed by atoms with Gasteiger partial charge in [0, 0.05) is 14.9 Å². The Labute approximate surface area is 142 Å². The van der Waals surface area contributed by atoms with Gasteiger partial charge in [0.15, 0.2) is 0 Å². The first kappa shape index (κ1) is 15.3. The van der Waals surface area contributed by atoms with Crippen LogP contribution in [0.25, 0.3) is 11.5 Å². The van der Waals surface area contributed by atoms with Crippen LogP contribution in [-0.4, -0.2) is 10.2 Å². The van der Waals surface area contributed by atoms with Crippen LogP contribution in [0.5, 0.6) is 0 Å². The summed E-state index contributed by atoms with van der Waals surface area (Å²) in [7, 11) is 0. The van der Waals surface area contributed by atoms with Crippen molar-refractivity contribution < 1.29 is 4.42 Å². The Balaban J connectivity index is 1.80. The molecule has 0 aliphatic heterocycles. The molecule has 3 rings (SSSR count). The minimum Gasteiger partial charge on any atom is -0.419 e. The third kappa shape index (κ3) is 3.42. The highest BCUT2D eigenvalue weighted by Gasteiger charge is 2.17. The second kappa shape index (κ2) is 6.67. The van der Waals surface area contributed by atoms with Crippen LogP contribution in [0.4, 0.5) is 0 Å². The highest BCUT2D eigenvalue weighted by molar-refractivity contribution is 9.10. The molecule has 112 valence electrons. The molecule has 0 bridgehead atoms. The van der Waals surface area contributed by atoms with Crippen LogP contribution in [-0.2, 0) is 0 Å². The van der Waals surface area contributed by atoms with Crippen molar-refractivity contribution in [3.63, 3.8) is 0 Å². The molecule has 22 heavy (non-hydrogen) atoms. The molecule has 1 aromatic heterocycles. The second-order valence-corrected chi connectivity index (χ2v) is 7.24. The van der Waals surface area contributed by atoms with Crippen molar-refractivity contribution >= 4 is 27.7 Å². The summed E-state index contributed by atoms with van der Waals surface area (Å²) in [6, 6.07) is 16.2. The lowest BCUT2D eigenvalue weighted by molar-refractivity contribution is 0.509. The van der Waals surface area contributed by atoms with E-state index in [-0.39, 0.29) is 5.25 Å². The molecule has 0 saturated heterocycles. The van der Waals surface area contributed by atoms with E-state index in [0.717, 1.165) is 14.9 Å². The molecule has 3 aromatic rings. The SMILES string of the molecule is Cc1cccc(-c2nnc([C@@H](C)Sc3ccccc3Br)o2)c1. The molecule has 1 atom stereocenters. The summed E-state index contributed by atoms with van der Waals surface area (Å²) >= 11 is 5.25. The summed E-state index contributed by atoms with van der Waals surface area (Å²) < 4.78 is 6.91. The molecule has 0 unspecified atom stereocenters. The topological polar surface area (TPSA) is 38.9 Å². The Morgan fingerprint density at radius 3 is 2.68 bits per heavy atom. The Hall–Kier alpha value is -1.59. The first-order chi connectivity index (χ1) is 10.6. The molecule has 0 amide bonds. The molecule has 0 spiro atoms. The fourth-order valence-electron chi connectivity index (χ4n) is 2.07. The number of nitrogens with zero attached hydrogens (tertiary/aromatic N) is 2. The predicted molar refractivity (Wildman–Crippen MR) is 92.9 cm³/mol.